The van der Waals surface area contributed by atoms with E-state index in [1.54, 1.807) is 0 Å². The summed E-state index contributed by atoms with van der Waals surface area (Å²) in [7, 11) is 0. The molecule has 118 valence electrons. The summed E-state index contributed by atoms with van der Waals surface area (Å²) in [5, 5.41) is 3.88. The first kappa shape index (κ1) is 16.3. The molecule has 2 rings (SSSR count). The van der Waals surface area contributed by atoms with Crippen molar-refractivity contribution in [3.8, 4) is 0 Å². The van der Waals surface area contributed by atoms with Gasteiger partial charge in [0.2, 0.25) is 0 Å². The van der Waals surface area contributed by atoms with E-state index in [1.165, 1.54) is 45.1 Å². The van der Waals surface area contributed by atoms with Crippen molar-refractivity contribution in [2.75, 3.05) is 32.8 Å². The van der Waals surface area contributed by atoms with Crippen molar-refractivity contribution in [3.05, 3.63) is 0 Å². The summed E-state index contributed by atoms with van der Waals surface area (Å²) in [5.74, 6) is 0.719. The number of rotatable bonds is 7. The van der Waals surface area contributed by atoms with Crippen molar-refractivity contribution in [2.45, 2.75) is 70.9 Å². The molecule has 0 aromatic heterocycles. The molecule has 0 bridgehead atoms. The molecule has 1 aliphatic carbocycles. The van der Waals surface area contributed by atoms with Crippen LogP contribution in [0.25, 0.3) is 0 Å². The maximum absolute atomic E-state index is 5.79. The van der Waals surface area contributed by atoms with E-state index in [-0.39, 0.29) is 0 Å². The Morgan fingerprint density at radius 2 is 2.00 bits per heavy atom. The number of hydrogen-bond donors (Lipinski definition) is 1. The average Bonchev–Trinajstić information content (AvgIpc) is 2.86. The van der Waals surface area contributed by atoms with E-state index in [9.17, 15) is 0 Å². The molecule has 1 aliphatic heterocycles. The van der Waals surface area contributed by atoms with Crippen LogP contribution in [-0.4, -0.2) is 49.3 Å². The summed E-state index contributed by atoms with van der Waals surface area (Å²) in [6.45, 7) is 12.3. The lowest BCUT2D eigenvalue weighted by atomic mass is 9.89. The smallest absolute Gasteiger partial charge is 0.0593 e. The van der Waals surface area contributed by atoms with Gasteiger partial charge in [-0.05, 0) is 25.2 Å². The zero-order valence-corrected chi connectivity index (χ0v) is 13.8. The molecule has 3 nitrogen and oxygen atoms in total. The third kappa shape index (κ3) is 4.19. The fourth-order valence-corrected chi connectivity index (χ4v) is 3.83. The van der Waals surface area contributed by atoms with E-state index >= 15 is 0 Å². The number of nitrogens with zero attached hydrogens (tertiary/aromatic N) is 1. The van der Waals surface area contributed by atoms with E-state index in [0.29, 0.717) is 11.6 Å². The van der Waals surface area contributed by atoms with Gasteiger partial charge in [0, 0.05) is 37.8 Å². The van der Waals surface area contributed by atoms with Gasteiger partial charge in [0.1, 0.15) is 0 Å². The van der Waals surface area contributed by atoms with E-state index < -0.39 is 0 Å². The normalized spacial score (nSPS) is 26.7. The van der Waals surface area contributed by atoms with Gasteiger partial charge < -0.3 is 10.1 Å². The highest BCUT2D eigenvalue weighted by Crippen LogP contribution is 2.34. The van der Waals surface area contributed by atoms with Crippen LogP contribution in [0, 0.1) is 5.92 Å². The van der Waals surface area contributed by atoms with Crippen molar-refractivity contribution < 1.29 is 4.74 Å². The van der Waals surface area contributed by atoms with Crippen molar-refractivity contribution in [2.24, 2.45) is 5.92 Å². The van der Waals surface area contributed by atoms with Crippen LogP contribution in [0.4, 0.5) is 0 Å². The van der Waals surface area contributed by atoms with Crippen molar-refractivity contribution in [1.82, 2.24) is 10.2 Å². The topological polar surface area (TPSA) is 24.5 Å². The van der Waals surface area contributed by atoms with Crippen molar-refractivity contribution in [3.63, 3.8) is 0 Å². The minimum absolute atomic E-state index is 0.425. The molecule has 1 saturated heterocycles. The quantitative estimate of drug-likeness (QED) is 0.726. The Bertz CT molecular complexity index is 274. The lowest BCUT2D eigenvalue weighted by Crippen LogP contribution is -2.64. The molecule has 1 unspecified atom stereocenters. The van der Waals surface area contributed by atoms with Gasteiger partial charge in [-0.1, -0.05) is 40.0 Å². The number of nitrogens with one attached hydrogen (secondary N) is 1. The molecule has 1 atom stereocenters. The lowest BCUT2D eigenvalue weighted by molar-refractivity contribution is 0.0256. The Morgan fingerprint density at radius 1 is 1.25 bits per heavy atom. The second-order valence-corrected chi connectivity index (χ2v) is 7.12. The van der Waals surface area contributed by atoms with Crippen LogP contribution in [0.2, 0.25) is 0 Å². The van der Waals surface area contributed by atoms with Gasteiger partial charge in [-0.25, -0.2) is 0 Å². The predicted molar refractivity (Wildman–Crippen MR) is 85.1 cm³/mol. The first-order valence-electron chi connectivity index (χ1n) is 8.74. The molecule has 0 aromatic rings. The van der Waals surface area contributed by atoms with Gasteiger partial charge in [-0.2, -0.15) is 0 Å². The summed E-state index contributed by atoms with van der Waals surface area (Å²) < 4.78 is 5.79. The number of piperazine rings is 1. The van der Waals surface area contributed by atoms with Crippen molar-refractivity contribution in [1.29, 1.82) is 0 Å². The first-order valence-corrected chi connectivity index (χ1v) is 8.74. The Hall–Kier alpha value is -0.120. The molecule has 0 amide bonds. The Labute approximate surface area is 125 Å². The Kier molecular flexibility index (Phi) is 6.31. The fraction of sp³-hybridized carbons (Fsp3) is 1.00. The highest BCUT2D eigenvalue weighted by atomic mass is 16.5. The van der Waals surface area contributed by atoms with Gasteiger partial charge in [0.25, 0.3) is 0 Å². The second-order valence-electron chi connectivity index (χ2n) is 7.12. The molecule has 1 spiro atoms. The van der Waals surface area contributed by atoms with Crippen molar-refractivity contribution >= 4 is 0 Å². The third-order valence-electron chi connectivity index (χ3n) is 5.16. The summed E-state index contributed by atoms with van der Waals surface area (Å²) in [6, 6.07) is 0.677. The number of ether oxygens (including phenoxy) is 1. The predicted octanol–water partition coefficient (Wildman–Crippen LogP) is 3.05. The minimum Gasteiger partial charge on any atom is -0.380 e. The van der Waals surface area contributed by atoms with E-state index in [0.717, 1.165) is 32.2 Å². The van der Waals surface area contributed by atoms with Crippen LogP contribution >= 0.6 is 0 Å². The van der Waals surface area contributed by atoms with Crippen LogP contribution in [0.3, 0.4) is 0 Å². The van der Waals surface area contributed by atoms with Crippen LogP contribution in [-0.2, 0) is 4.74 Å². The second kappa shape index (κ2) is 7.77. The summed E-state index contributed by atoms with van der Waals surface area (Å²) in [4.78, 5) is 2.71. The number of hydrogen-bond acceptors (Lipinski definition) is 3. The fourth-order valence-electron chi connectivity index (χ4n) is 3.83. The molecule has 0 aromatic carbocycles. The lowest BCUT2D eigenvalue weighted by Gasteiger charge is -2.48. The molecular weight excluding hydrogens is 248 g/mol. The standard InChI is InChI=1S/C17H34N2O/c1-4-5-11-20-12-10-19-14-17(8-6-7-9-17)18-13-16(19)15(2)3/h15-16,18H,4-14H2,1-3H3. The highest BCUT2D eigenvalue weighted by molar-refractivity contribution is 5.01. The zero-order chi connectivity index (χ0) is 14.4. The van der Waals surface area contributed by atoms with Crippen LogP contribution in [0.1, 0.15) is 59.3 Å². The average molecular weight is 282 g/mol. The minimum atomic E-state index is 0.425. The first-order chi connectivity index (χ1) is 9.67. The van der Waals surface area contributed by atoms with Gasteiger partial charge >= 0.3 is 0 Å². The van der Waals surface area contributed by atoms with Crippen LogP contribution in [0.5, 0.6) is 0 Å². The SMILES string of the molecule is CCCCOCCN1CC2(CCCC2)NCC1C(C)C. The zero-order valence-electron chi connectivity index (χ0n) is 13.8. The molecule has 3 heteroatoms. The maximum atomic E-state index is 5.79. The van der Waals surface area contributed by atoms with Gasteiger partial charge in [0.05, 0.1) is 6.61 Å². The molecular formula is C17H34N2O. The maximum Gasteiger partial charge on any atom is 0.0593 e. The van der Waals surface area contributed by atoms with Crippen LogP contribution < -0.4 is 5.32 Å². The molecule has 1 N–H and O–H groups in total. The van der Waals surface area contributed by atoms with E-state index in [2.05, 4.69) is 31.0 Å². The highest BCUT2D eigenvalue weighted by Gasteiger charge is 2.41. The van der Waals surface area contributed by atoms with Gasteiger partial charge in [0.15, 0.2) is 0 Å². The molecule has 20 heavy (non-hydrogen) atoms. The Morgan fingerprint density at radius 3 is 2.65 bits per heavy atom. The summed E-state index contributed by atoms with van der Waals surface area (Å²) in [5.41, 5.74) is 0.425. The molecule has 1 saturated carbocycles. The summed E-state index contributed by atoms with van der Waals surface area (Å²) >= 11 is 0. The molecule has 2 aliphatic rings. The third-order valence-corrected chi connectivity index (χ3v) is 5.16. The van der Waals surface area contributed by atoms with Gasteiger partial charge in [-0.3, -0.25) is 4.90 Å². The molecule has 0 radical (unpaired) electrons. The monoisotopic (exact) mass is 282 g/mol. The van der Waals surface area contributed by atoms with Gasteiger partial charge in [-0.15, -0.1) is 0 Å². The van der Waals surface area contributed by atoms with Crippen LogP contribution in [0.15, 0.2) is 0 Å². The van der Waals surface area contributed by atoms with E-state index in [4.69, 9.17) is 4.74 Å². The number of unbranched alkanes of at least 4 members (excludes halogenated alkanes) is 1. The Balaban J connectivity index is 1.83. The molecule has 2 fully saturated rings. The molecule has 1 heterocycles. The van der Waals surface area contributed by atoms with E-state index in [1.807, 2.05) is 0 Å². The summed E-state index contributed by atoms with van der Waals surface area (Å²) in [6.07, 6.45) is 7.96. The largest absolute Gasteiger partial charge is 0.380 e.